The minimum Gasteiger partial charge on any atom is -0.325 e. The van der Waals surface area contributed by atoms with E-state index in [0.29, 0.717) is 12.3 Å². The highest BCUT2D eigenvalue weighted by atomic mass is 19.1. The molecular weight excluding hydrogens is 153 g/mol. The van der Waals surface area contributed by atoms with Gasteiger partial charge in [-0.25, -0.2) is 4.39 Å². The fourth-order valence-corrected chi connectivity index (χ4v) is 1.93. The Morgan fingerprint density at radius 3 is 2.25 bits per heavy atom. The number of rotatable bonds is 0. The van der Waals surface area contributed by atoms with Crippen molar-refractivity contribution in [3.05, 3.63) is 0 Å². The lowest BCUT2D eigenvalue weighted by atomic mass is 9.71. The van der Waals surface area contributed by atoms with Gasteiger partial charge in [-0.3, -0.25) is 0 Å². The molecule has 0 unspecified atom stereocenters. The first-order valence-corrected chi connectivity index (χ1v) is 4.81. The molecule has 1 saturated carbocycles. The van der Waals surface area contributed by atoms with Crippen molar-refractivity contribution in [2.24, 2.45) is 17.1 Å². The lowest BCUT2D eigenvalue weighted by Gasteiger charge is -2.37. The Kier molecular flexibility index (Phi) is 2.77. The molecule has 0 radical (unpaired) electrons. The Balaban J connectivity index is 2.51. The molecule has 12 heavy (non-hydrogen) atoms. The first kappa shape index (κ1) is 9.97. The summed E-state index contributed by atoms with van der Waals surface area (Å²) in [5.74, 6) is 0.507. The maximum Gasteiger partial charge on any atom is 0.115 e. The summed E-state index contributed by atoms with van der Waals surface area (Å²) < 4.78 is 13.2. The van der Waals surface area contributed by atoms with Crippen molar-refractivity contribution < 1.29 is 4.39 Å². The third kappa shape index (κ3) is 2.19. The summed E-state index contributed by atoms with van der Waals surface area (Å²) in [6.07, 6.45) is 1.82. The first-order chi connectivity index (χ1) is 5.41. The second kappa shape index (κ2) is 3.33. The van der Waals surface area contributed by atoms with Gasteiger partial charge in [0.05, 0.1) is 0 Å². The summed E-state index contributed by atoms with van der Waals surface area (Å²) in [4.78, 5) is 0. The molecule has 1 fully saturated rings. The van der Waals surface area contributed by atoms with Crippen LogP contribution in [0.5, 0.6) is 0 Å². The molecule has 0 heterocycles. The highest BCUT2D eigenvalue weighted by molar-refractivity contribution is 4.87. The average Bonchev–Trinajstić information content (AvgIpc) is 1.92. The lowest BCUT2D eigenvalue weighted by molar-refractivity contribution is 0.100. The van der Waals surface area contributed by atoms with Gasteiger partial charge in [0.2, 0.25) is 0 Å². The predicted octanol–water partition coefficient (Wildman–Crippen LogP) is 2.50. The molecule has 1 nitrogen and oxygen atoms in total. The SMILES string of the molecule is CC(C)(C)[C@@H]1CC[C@H](N)[C@H](F)C1. The molecule has 3 atom stereocenters. The minimum atomic E-state index is -0.775. The zero-order valence-corrected chi connectivity index (χ0v) is 8.31. The van der Waals surface area contributed by atoms with Crippen molar-refractivity contribution in [3.8, 4) is 0 Å². The van der Waals surface area contributed by atoms with E-state index in [0.717, 1.165) is 12.8 Å². The summed E-state index contributed by atoms with van der Waals surface area (Å²) in [5, 5.41) is 0. The minimum absolute atomic E-state index is 0.205. The molecule has 72 valence electrons. The largest absolute Gasteiger partial charge is 0.325 e. The molecule has 0 spiro atoms. The van der Waals surface area contributed by atoms with Crippen LogP contribution in [0.2, 0.25) is 0 Å². The number of hydrogen-bond acceptors (Lipinski definition) is 1. The molecule has 0 bridgehead atoms. The van der Waals surface area contributed by atoms with Gasteiger partial charge in [-0.2, -0.15) is 0 Å². The molecular formula is C10H20FN. The molecule has 0 aliphatic heterocycles. The molecule has 2 heteroatoms. The van der Waals surface area contributed by atoms with E-state index in [9.17, 15) is 4.39 Å². The van der Waals surface area contributed by atoms with Crippen molar-refractivity contribution in [2.75, 3.05) is 0 Å². The Morgan fingerprint density at radius 2 is 1.83 bits per heavy atom. The smallest absolute Gasteiger partial charge is 0.115 e. The van der Waals surface area contributed by atoms with Crippen LogP contribution >= 0.6 is 0 Å². The highest BCUT2D eigenvalue weighted by Gasteiger charge is 2.34. The second-order valence-corrected chi connectivity index (χ2v) is 5.06. The van der Waals surface area contributed by atoms with Gasteiger partial charge < -0.3 is 5.73 Å². The topological polar surface area (TPSA) is 26.0 Å². The van der Waals surface area contributed by atoms with Crippen LogP contribution in [-0.4, -0.2) is 12.2 Å². The molecule has 0 aromatic rings. The quantitative estimate of drug-likeness (QED) is 0.598. The van der Waals surface area contributed by atoms with Crippen LogP contribution in [0.3, 0.4) is 0 Å². The van der Waals surface area contributed by atoms with Gasteiger partial charge in [0.15, 0.2) is 0 Å². The summed E-state index contributed by atoms with van der Waals surface area (Å²) in [5.41, 5.74) is 5.85. The van der Waals surface area contributed by atoms with Gasteiger partial charge in [-0.05, 0) is 30.6 Å². The summed E-state index contributed by atoms with van der Waals surface area (Å²) >= 11 is 0. The molecule has 0 amide bonds. The monoisotopic (exact) mass is 173 g/mol. The van der Waals surface area contributed by atoms with Crippen LogP contribution in [0.4, 0.5) is 4.39 Å². The Labute approximate surface area is 74.5 Å². The molecule has 1 aliphatic carbocycles. The third-order valence-corrected chi connectivity index (χ3v) is 3.05. The van der Waals surface area contributed by atoms with E-state index in [1.807, 2.05) is 0 Å². The van der Waals surface area contributed by atoms with E-state index in [-0.39, 0.29) is 11.5 Å². The summed E-state index contributed by atoms with van der Waals surface area (Å²) in [7, 11) is 0. The van der Waals surface area contributed by atoms with Crippen LogP contribution in [0.15, 0.2) is 0 Å². The van der Waals surface area contributed by atoms with Gasteiger partial charge in [0, 0.05) is 6.04 Å². The van der Waals surface area contributed by atoms with Crippen LogP contribution in [0, 0.1) is 11.3 Å². The molecule has 1 aliphatic rings. The fourth-order valence-electron chi connectivity index (χ4n) is 1.93. The zero-order chi connectivity index (χ0) is 9.35. The summed E-state index contributed by atoms with van der Waals surface area (Å²) in [6.45, 7) is 6.55. The van der Waals surface area contributed by atoms with Crippen LogP contribution in [0.25, 0.3) is 0 Å². The Morgan fingerprint density at radius 1 is 1.25 bits per heavy atom. The fraction of sp³-hybridized carbons (Fsp3) is 1.00. The van der Waals surface area contributed by atoms with Crippen molar-refractivity contribution in [3.63, 3.8) is 0 Å². The molecule has 2 N–H and O–H groups in total. The number of alkyl halides is 1. The normalized spacial score (nSPS) is 38.2. The standard InChI is InChI=1S/C10H20FN/c1-10(2,3)7-4-5-9(12)8(11)6-7/h7-9H,4-6,12H2,1-3H3/t7-,8-,9+/m1/s1. The summed E-state index contributed by atoms with van der Waals surface area (Å²) in [6, 6.07) is -0.205. The average molecular weight is 173 g/mol. The van der Waals surface area contributed by atoms with Crippen LogP contribution in [0.1, 0.15) is 40.0 Å². The van der Waals surface area contributed by atoms with Crippen molar-refractivity contribution >= 4 is 0 Å². The molecule has 0 saturated heterocycles. The van der Waals surface area contributed by atoms with Crippen molar-refractivity contribution in [2.45, 2.75) is 52.2 Å². The van der Waals surface area contributed by atoms with Crippen LogP contribution < -0.4 is 5.73 Å². The van der Waals surface area contributed by atoms with Gasteiger partial charge in [-0.15, -0.1) is 0 Å². The van der Waals surface area contributed by atoms with E-state index in [1.165, 1.54) is 0 Å². The van der Waals surface area contributed by atoms with E-state index in [1.54, 1.807) is 0 Å². The van der Waals surface area contributed by atoms with Gasteiger partial charge >= 0.3 is 0 Å². The number of nitrogens with two attached hydrogens (primary N) is 1. The Bertz CT molecular complexity index is 150. The lowest BCUT2D eigenvalue weighted by Crippen LogP contribution is -2.40. The van der Waals surface area contributed by atoms with Gasteiger partial charge in [0.25, 0.3) is 0 Å². The maximum atomic E-state index is 13.2. The van der Waals surface area contributed by atoms with Crippen LogP contribution in [-0.2, 0) is 0 Å². The molecule has 1 rings (SSSR count). The zero-order valence-electron chi connectivity index (χ0n) is 8.31. The van der Waals surface area contributed by atoms with E-state index in [4.69, 9.17) is 5.73 Å². The van der Waals surface area contributed by atoms with Crippen molar-refractivity contribution in [1.82, 2.24) is 0 Å². The highest BCUT2D eigenvalue weighted by Crippen LogP contribution is 2.38. The van der Waals surface area contributed by atoms with E-state index in [2.05, 4.69) is 20.8 Å². The number of hydrogen-bond donors (Lipinski definition) is 1. The van der Waals surface area contributed by atoms with Gasteiger partial charge in [0.1, 0.15) is 6.17 Å². The number of halogens is 1. The second-order valence-electron chi connectivity index (χ2n) is 5.06. The predicted molar refractivity (Wildman–Crippen MR) is 49.7 cm³/mol. The molecule has 0 aromatic carbocycles. The van der Waals surface area contributed by atoms with E-state index >= 15 is 0 Å². The third-order valence-electron chi connectivity index (χ3n) is 3.05. The Hall–Kier alpha value is -0.110. The van der Waals surface area contributed by atoms with E-state index < -0.39 is 6.17 Å². The maximum absolute atomic E-state index is 13.2. The first-order valence-electron chi connectivity index (χ1n) is 4.81. The van der Waals surface area contributed by atoms with Gasteiger partial charge in [-0.1, -0.05) is 20.8 Å². The molecule has 0 aromatic heterocycles. The van der Waals surface area contributed by atoms with Crippen molar-refractivity contribution in [1.29, 1.82) is 0 Å².